The minimum absolute atomic E-state index is 0.0112. The van der Waals surface area contributed by atoms with Crippen LogP contribution in [-0.4, -0.2) is 16.2 Å². The Labute approximate surface area is 145 Å². The number of aryl methyl sites for hydroxylation is 1. The molecule has 6 N–H and O–H groups in total. The molecule has 0 saturated carbocycles. The molecule has 2 heterocycles. The number of nitrogens with two attached hydrogens (primary N) is 2. The summed E-state index contributed by atoms with van der Waals surface area (Å²) >= 11 is 0. The first-order valence-electron chi connectivity index (χ1n) is 7.45. The van der Waals surface area contributed by atoms with Crippen LogP contribution in [-0.2, 0) is 0 Å². The van der Waals surface area contributed by atoms with E-state index >= 15 is 0 Å². The number of alkyl halides is 2. The molecule has 3 aromatic rings. The maximum Gasteiger partial charge on any atom is 0.272 e. The highest BCUT2D eigenvalue weighted by molar-refractivity contribution is 6.05. The second kappa shape index (κ2) is 6.17. The number of fused-ring (bicyclic) bond motifs is 1. The summed E-state index contributed by atoms with van der Waals surface area (Å²) in [7, 11) is 0. The lowest BCUT2D eigenvalue weighted by Gasteiger charge is -2.16. The Morgan fingerprint density at radius 2 is 1.96 bits per heavy atom. The van der Waals surface area contributed by atoms with Crippen molar-refractivity contribution >= 4 is 28.6 Å². The van der Waals surface area contributed by atoms with E-state index in [1.165, 1.54) is 19.2 Å². The molecule has 134 valence electrons. The number of benzene rings is 1. The van der Waals surface area contributed by atoms with E-state index in [1.54, 1.807) is 0 Å². The van der Waals surface area contributed by atoms with E-state index in [-0.39, 0.29) is 50.2 Å². The first-order chi connectivity index (χ1) is 12.3. The van der Waals surface area contributed by atoms with Crippen molar-refractivity contribution in [2.75, 3.05) is 11.5 Å². The molecule has 2 aromatic heterocycles. The number of aromatic nitrogens is 2. The number of nitrogens with one attached hydrogen (secondary N) is 2. The monoisotopic (exact) mass is 361 g/mol. The number of rotatable bonds is 3. The number of halogens is 3. The van der Waals surface area contributed by atoms with Crippen molar-refractivity contribution in [2.45, 2.75) is 13.3 Å². The van der Waals surface area contributed by atoms with Crippen LogP contribution >= 0.6 is 0 Å². The van der Waals surface area contributed by atoms with Crippen molar-refractivity contribution in [3.05, 3.63) is 51.2 Å². The van der Waals surface area contributed by atoms with Gasteiger partial charge in [-0.2, -0.15) is 0 Å². The normalized spacial score (nSPS) is 11.3. The van der Waals surface area contributed by atoms with Gasteiger partial charge < -0.3 is 21.9 Å². The van der Waals surface area contributed by atoms with E-state index < -0.39 is 17.8 Å². The minimum Gasteiger partial charge on any atom is -0.396 e. The third-order valence-electron chi connectivity index (χ3n) is 4.17. The van der Waals surface area contributed by atoms with Gasteiger partial charge in [0, 0.05) is 29.1 Å². The largest absolute Gasteiger partial charge is 0.396 e. The highest BCUT2D eigenvalue weighted by atomic mass is 19.3. The Kier molecular flexibility index (Phi) is 4.15. The van der Waals surface area contributed by atoms with Crippen LogP contribution in [0.1, 0.15) is 23.1 Å². The molecule has 0 saturated heterocycles. The lowest BCUT2D eigenvalue weighted by molar-refractivity contribution is 0.152. The predicted octanol–water partition coefficient (Wildman–Crippen LogP) is 3.14. The first kappa shape index (κ1) is 17.5. The molecule has 0 radical (unpaired) electrons. The summed E-state index contributed by atoms with van der Waals surface area (Å²) in [4.78, 5) is 18.7. The average Bonchev–Trinajstić information content (AvgIpc) is 2.58. The van der Waals surface area contributed by atoms with E-state index in [2.05, 4.69) is 9.97 Å². The zero-order chi connectivity index (χ0) is 19.2. The molecular formula is C17H14F3N5O. The molecule has 0 amide bonds. The second-order valence-corrected chi connectivity index (χ2v) is 5.69. The summed E-state index contributed by atoms with van der Waals surface area (Å²) in [6.45, 7) is 1.45. The van der Waals surface area contributed by atoms with Gasteiger partial charge in [0.2, 0.25) is 0 Å². The van der Waals surface area contributed by atoms with Crippen molar-refractivity contribution in [2.24, 2.45) is 0 Å². The maximum absolute atomic E-state index is 13.7. The number of aromatic amines is 1. The highest BCUT2D eigenvalue weighted by Gasteiger charge is 2.23. The van der Waals surface area contributed by atoms with Gasteiger partial charge in [0.1, 0.15) is 11.5 Å². The fraction of sp³-hybridized carbons (Fsp3) is 0.118. The summed E-state index contributed by atoms with van der Waals surface area (Å²) in [6.07, 6.45) is -0.807. The maximum atomic E-state index is 13.7. The molecule has 0 aliphatic carbocycles. The zero-order valence-corrected chi connectivity index (χ0v) is 13.5. The van der Waals surface area contributed by atoms with Crippen LogP contribution in [0.15, 0.2) is 23.1 Å². The predicted molar refractivity (Wildman–Crippen MR) is 94.2 cm³/mol. The van der Waals surface area contributed by atoms with Gasteiger partial charge >= 0.3 is 0 Å². The molecule has 3 rings (SSSR count). The molecule has 9 heteroatoms. The van der Waals surface area contributed by atoms with Gasteiger partial charge in [0.15, 0.2) is 0 Å². The van der Waals surface area contributed by atoms with Gasteiger partial charge in [-0.25, -0.2) is 13.2 Å². The van der Waals surface area contributed by atoms with Gasteiger partial charge in [0.25, 0.3) is 12.0 Å². The van der Waals surface area contributed by atoms with Crippen molar-refractivity contribution in [3.63, 3.8) is 0 Å². The van der Waals surface area contributed by atoms with Crippen LogP contribution < -0.4 is 17.0 Å². The number of nitrogen functional groups attached to an aromatic ring is 2. The summed E-state index contributed by atoms with van der Waals surface area (Å²) in [5, 5.41) is 7.51. The first-order valence-corrected chi connectivity index (χ1v) is 7.45. The number of pyridine rings is 2. The third kappa shape index (κ3) is 2.48. The molecule has 0 bridgehead atoms. The van der Waals surface area contributed by atoms with Crippen molar-refractivity contribution in [3.8, 4) is 11.1 Å². The summed E-state index contributed by atoms with van der Waals surface area (Å²) in [6, 6.07) is 2.33. The van der Waals surface area contributed by atoms with E-state index in [0.717, 1.165) is 12.3 Å². The van der Waals surface area contributed by atoms with E-state index in [1.807, 2.05) is 0 Å². The number of hydrogen-bond acceptors (Lipinski definition) is 5. The molecule has 1 aromatic carbocycles. The fourth-order valence-corrected chi connectivity index (χ4v) is 2.90. The highest BCUT2D eigenvalue weighted by Crippen LogP contribution is 2.37. The summed E-state index contributed by atoms with van der Waals surface area (Å²) < 4.78 is 40.7. The van der Waals surface area contributed by atoms with Gasteiger partial charge in [-0.1, -0.05) is 6.07 Å². The van der Waals surface area contributed by atoms with Crippen LogP contribution in [0, 0.1) is 18.2 Å². The van der Waals surface area contributed by atoms with Crippen molar-refractivity contribution < 1.29 is 13.2 Å². The Balaban J connectivity index is 2.55. The topological polar surface area (TPSA) is 122 Å². The van der Waals surface area contributed by atoms with Crippen molar-refractivity contribution in [1.29, 1.82) is 5.41 Å². The summed E-state index contributed by atoms with van der Waals surface area (Å²) in [5.74, 6) is -0.753. The zero-order valence-electron chi connectivity index (χ0n) is 13.5. The summed E-state index contributed by atoms with van der Waals surface area (Å²) in [5.41, 5.74) is 9.99. The molecule has 0 aliphatic rings. The van der Waals surface area contributed by atoms with Crippen LogP contribution in [0.5, 0.6) is 0 Å². The quantitative estimate of drug-likeness (QED) is 0.423. The number of nitrogens with zero attached hydrogens (tertiary/aromatic N) is 1. The molecule has 0 spiro atoms. The van der Waals surface area contributed by atoms with Gasteiger partial charge in [-0.3, -0.25) is 9.78 Å². The fourth-order valence-electron chi connectivity index (χ4n) is 2.90. The van der Waals surface area contributed by atoms with E-state index in [4.69, 9.17) is 16.9 Å². The molecular weight excluding hydrogens is 347 g/mol. The smallest absolute Gasteiger partial charge is 0.272 e. The Morgan fingerprint density at radius 1 is 1.27 bits per heavy atom. The van der Waals surface area contributed by atoms with E-state index in [0.29, 0.717) is 0 Å². The lowest BCUT2D eigenvalue weighted by Crippen LogP contribution is -2.16. The van der Waals surface area contributed by atoms with E-state index in [9.17, 15) is 18.0 Å². The molecule has 0 atom stereocenters. The SMILES string of the molecule is Cc1cnc2c(-c3ccc(F)c(N)c3C=N)c(N)c(=O)[nH]c2c1C(F)F. The average molecular weight is 361 g/mol. The molecule has 6 nitrogen and oxygen atoms in total. The minimum atomic E-state index is -2.85. The lowest BCUT2D eigenvalue weighted by atomic mass is 9.95. The molecule has 26 heavy (non-hydrogen) atoms. The second-order valence-electron chi connectivity index (χ2n) is 5.69. The number of H-pyrrole nitrogens is 1. The molecule has 0 unspecified atom stereocenters. The third-order valence-corrected chi connectivity index (χ3v) is 4.17. The van der Waals surface area contributed by atoms with Crippen LogP contribution in [0.3, 0.4) is 0 Å². The Morgan fingerprint density at radius 3 is 2.58 bits per heavy atom. The standard InChI is InChI=1S/C17H14F3N5O/c1-6-5-24-14-11(7-2-3-9(18)12(22)8(7)4-21)13(23)17(26)25-15(14)10(6)16(19)20/h2-5,16,21H,22-23H2,1H3,(H,25,26). The van der Waals surface area contributed by atoms with Crippen LogP contribution in [0.2, 0.25) is 0 Å². The Bertz CT molecular complexity index is 1110. The number of hydrogen-bond donors (Lipinski definition) is 4. The van der Waals surface area contributed by atoms with Crippen molar-refractivity contribution in [1.82, 2.24) is 9.97 Å². The Hall–Kier alpha value is -3.36. The van der Waals surface area contributed by atoms with Gasteiger partial charge in [-0.15, -0.1) is 0 Å². The molecule has 0 aliphatic heterocycles. The number of anilines is 2. The van der Waals surface area contributed by atoms with Gasteiger partial charge in [0.05, 0.1) is 16.7 Å². The van der Waals surface area contributed by atoms with Crippen LogP contribution in [0.25, 0.3) is 22.2 Å². The van der Waals surface area contributed by atoms with Crippen LogP contribution in [0.4, 0.5) is 24.5 Å². The van der Waals surface area contributed by atoms with Gasteiger partial charge in [-0.05, 0) is 24.1 Å². The molecule has 0 fully saturated rings.